The Bertz CT molecular complexity index is 1320. The molecular formula is C22H21N5O3S. The lowest BCUT2D eigenvalue weighted by atomic mass is 10.1. The van der Waals surface area contributed by atoms with E-state index in [2.05, 4.69) is 15.3 Å². The Labute approximate surface area is 182 Å². The van der Waals surface area contributed by atoms with Crippen LogP contribution in [0.15, 0.2) is 53.6 Å². The molecule has 31 heavy (non-hydrogen) atoms. The third-order valence-corrected chi connectivity index (χ3v) is 6.34. The van der Waals surface area contributed by atoms with Crippen LogP contribution in [0.4, 0.5) is 11.6 Å². The molecule has 3 N–H and O–H groups in total. The minimum absolute atomic E-state index is 0.0324. The minimum Gasteiger partial charge on any atom is -0.383 e. The van der Waals surface area contributed by atoms with E-state index in [-0.39, 0.29) is 11.0 Å². The molecular weight excluding hydrogens is 414 g/mol. The van der Waals surface area contributed by atoms with Crippen LogP contribution in [-0.4, -0.2) is 41.2 Å². The summed E-state index contributed by atoms with van der Waals surface area (Å²) in [6.07, 6.45) is 2.70. The van der Waals surface area contributed by atoms with Crippen LogP contribution in [0.1, 0.15) is 15.9 Å². The molecule has 2 heterocycles. The van der Waals surface area contributed by atoms with Gasteiger partial charge in [0.25, 0.3) is 5.91 Å². The molecule has 0 saturated carbocycles. The number of nitrogens with zero attached hydrogens (tertiary/aromatic N) is 3. The number of hydrogen-bond acceptors (Lipinski definition) is 8. The zero-order valence-electron chi connectivity index (χ0n) is 17.0. The van der Waals surface area contributed by atoms with Crippen molar-refractivity contribution in [3.05, 3.63) is 70.1 Å². The first-order valence-electron chi connectivity index (χ1n) is 9.66. The molecule has 4 aromatic rings. The number of anilines is 2. The average Bonchev–Trinajstić information content (AvgIpc) is 2.80. The summed E-state index contributed by atoms with van der Waals surface area (Å²) in [5.41, 5.74) is 3.63. The second-order valence-electron chi connectivity index (χ2n) is 7.12. The number of hydrogen-bond donors (Lipinski definition) is 3. The van der Waals surface area contributed by atoms with Crippen LogP contribution >= 0.6 is 11.3 Å². The number of carbonyl (C=O) groups is 1. The summed E-state index contributed by atoms with van der Waals surface area (Å²) in [6.45, 7) is 3.16. The van der Waals surface area contributed by atoms with Crippen LogP contribution in [0.5, 0.6) is 0 Å². The fourth-order valence-corrected chi connectivity index (χ4v) is 4.51. The third-order valence-electron chi connectivity index (χ3n) is 5.03. The molecule has 2 aromatic heterocycles. The van der Waals surface area contributed by atoms with Gasteiger partial charge < -0.3 is 10.2 Å². The second kappa shape index (κ2) is 8.66. The molecule has 0 aliphatic heterocycles. The number of benzene rings is 2. The van der Waals surface area contributed by atoms with E-state index in [9.17, 15) is 9.59 Å². The summed E-state index contributed by atoms with van der Waals surface area (Å²) in [6, 6.07) is 11.6. The smallest absolute Gasteiger partial charge is 0.277 e. The lowest BCUT2D eigenvalue weighted by Gasteiger charge is -2.18. The molecule has 0 bridgehead atoms. The number of likely N-dealkylation sites (N-methyl/N-ethyl adjacent to an activating group) is 1. The van der Waals surface area contributed by atoms with Crippen molar-refractivity contribution >= 4 is 49.1 Å². The molecule has 0 aliphatic rings. The minimum atomic E-state index is -0.663. The molecule has 158 valence electrons. The Kier molecular flexibility index (Phi) is 5.79. The van der Waals surface area contributed by atoms with E-state index >= 15 is 0 Å². The van der Waals surface area contributed by atoms with Crippen molar-refractivity contribution in [1.29, 1.82) is 0 Å². The second-order valence-corrected chi connectivity index (χ2v) is 8.17. The number of aryl methyl sites for hydroxylation is 1. The Hall–Kier alpha value is -3.56. The molecule has 0 fully saturated rings. The lowest BCUT2D eigenvalue weighted by Crippen LogP contribution is -2.27. The van der Waals surface area contributed by atoms with Crippen molar-refractivity contribution in [2.24, 2.45) is 0 Å². The van der Waals surface area contributed by atoms with Gasteiger partial charge in [0.2, 0.25) is 5.95 Å². The van der Waals surface area contributed by atoms with Crippen molar-refractivity contribution in [3.8, 4) is 0 Å². The van der Waals surface area contributed by atoms with Gasteiger partial charge >= 0.3 is 0 Å². The third kappa shape index (κ3) is 4.05. The number of fused-ring (bicyclic) bond motifs is 2. The van der Waals surface area contributed by atoms with Crippen molar-refractivity contribution in [1.82, 2.24) is 15.4 Å². The summed E-state index contributed by atoms with van der Waals surface area (Å²) in [5, 5.41) is 13.5. The van der Waals surface area contributed by atoms with Crippen LogP contribution in [0.25, 0.3) is 20.2 Å². The predicted molar refractivity (Wildman–Crippen MR) is 123 cm³/mol. The standard InChI is InChI=1S/C22H21N5O3S/c1-13-7-8-16(18-19(28)15-5-3-4-6-17(15)31-20(13)18)23-9-10-27(2)22-24-11-14(12-25-22)21(29)26-30/h3-8,11-12,23,30H,9-10H2,1-2H3,(H,26,29). The Morgan fingerprint density at radius 1 is 1.16 bits per heavy atom. The number of rotatable bonds is 6. The zero-order chi connectivity index (χ0) is 22.0. The van der Waals surface area contributed by atoms with Crippen LogP contribution in [-0.2, 0) is 0 Å². The predicted octanol–water partition coefficient (Wildman–Crippen LogP) is 3.18. The van der Waals surface area contributed by atoms with E-state index in [0.717, 1.165) is 26.0 Å². The number of aromatic nitrogens is 2. The normalized spacial score (nSPS) is 10.9. The molecule has 4 rings (SSSR count). The summed E-state index contributed by atoms with van der Waals surface area (Å²) < 4.78 is 1.97. The summed E-state index contributed by atoms with van der Waals surface area (Å²) >= 11 is 1.63. The lowest BCUT2D eigenvalue weighted by molar-refractivity contribution is 0.0705. The van der Waals surface area contributed by atoms with Gasteiger partial charge in [-0.3, -0.25) is 14.8 Å². The zero-order valence-corrected chi connectivity index (χ0v) is 17.9. The first-order valence-corrected chi connectivity index (χ1v) is 10.5. The van der Waals surface area contributed by atoms with Gasteiger partial charge in [0, 0.05) is 53.0 Å². The van der Waals surface area contributed by atoms with Gasteiger partial charge in [0.15, 0.2) is 5.43 Å². The molecule has 8 nitrogen and oxygen atoms in total. The summed E-state index contributed by atoms with van der Waals surface area (Å²) in [4.78, 5) is 34.7. The van der Waals surface area contributed by atoms with Crippen LogP contribution in [0, 0.1) is 6.92 Å². The van der Waals surface area contributed by atoms with Crippen LogP contribution in [0.2, 0.25) is 0 Å². The molecule has 0 aliphatic carbocycles. The molecule has 0 radical (unpaired) electrons. The molecule has 0 saturated heterocycles. The van der Waals surface area contributed by atoms with E-state index in [1.807, 2.05) is 55.3 Å². The summed E-state index contributed by atoms with van der Waals surface area (Å²) in [5.74, 6) is -0.216. The van der Waals surface area contributed by atoms with Gasteiger partial charge in [-0.15, -0.1) is 11.3 Å². The average molecular weight is 436 g/mol. The molecule has 0 unspecified atom stereocenters. The maximum Gasteiger partial charge on any atom is 0.277 e. The van der Waals surface area contributed by atoms with Crippen LogP contribution < -0.4 is 21.1 Å². The van der Waals surface area contributed by atoms with E-state index in [4.69, 9.17) is 5.21 Å². The number of nitrogens with one attached hydrogen (secondary N) is 2. The molecule has 0 spiro atoms. The fourth-order valence-electron chi connectivity index (χ4n) is 3.34. The first-order chi connectivity index (χ1) is 15.0. The number of amides is 1. The topological polar surface area (TPSA) is 107 Å². The van der Waals surface area contributed by atoms with Gasteiger partial charge in [0.1, 0.15) is 0 Å². The maximum atomic E-state index is 13.2. The first kappa shape index (κ1) is 20.7. The Morgan fingerprint density at radius 3 is 2.65 bits per heavy atom. The quantitative estimate of drug-likeness (QED) is 0.243. The SMILES string of the molecule is Cc1ccc(NCCN(C)c2ncc(C(=O)NO)cn2)c2c(=O)c3ccccc3sc12. The van der Waals surface area contributed by atoms with Gasteiger partial charge in [-0.1, -0.05) is 18.2 Å². The fraction of sp³-hybridized carbons (Fsp3) is 0.182. The number of carbonyl (C=O) groups excluding carboxylic acids is 1. The van der Waals surface area contributed by atoms with Gasteiger partial charge in [-0.05, 0) is 30.7 Å². The monoisotopic (exact) mass is 435 g/mol. The molecule has 9 heteroatoms. The van der Waals surface area contributed by atoms with Gasteiger partial charge in [-0.2, -0.15) is 0 Å². The highest BCUT2D eigenvalue weighted by atomic mass is 32.1. The van der Waals surface area contributed by atoms with Crippen LogP contribution in [0.3, 0.4) is 0 Å². The van der Waals surface area contributed by atoms with Crippen molar-refractivity contribution in [2.75, 3.05) is 30.4 Å². The van der Waals surface area contributed by atoms with Crippen molar-refractivity contribution in [3.63, 3.8) is 0 Å². The van der Waals surface area contributed by atoms with Crippen molar-refractivity contribution < 1.29 is 10.0 Å². The largest absolute Gasteiger partial charge is 0.383 e. The van der Waals surface area contributed by atoms with Gasteiger partial charge in [-0.25, -0.2) is 15.4 Å². The van der Waals surface area contributed by atoms with E-state index < -0.39 is 5.91 Å². The van der Waals surface area contributed by atoms with E-state index in [1.54, 1.807) is 16.8 Å². The van der Waals surface area contributed by atoms with Gasteiger partial charge in [0.05, 0.1) is 10.9 Å². The highest BCUT2D eigenvalue weighted by Crippen LogP contribution is 2.31. The molecule has 1 amide bonds. The Morgan fingerprint density at radius 2 is 1.90 bits per heavy atom. The van der Waals surface area contributed by atoms with Crippen molar-refractivity contribution in [2.45, 2.75) is 6.92 Å². The molecule has 0 atom stereocenters. The maximum absolute atomic E-state index is 13.2. The Balaban J connectivity index is 1.54. The number of hydroxylamine groups is 1. The highest BCUT2D eigenvalue weighted by Gasteiger charge is 2.13. The highest BCUT2D eigenvalue weighted by molar-refractivity contribution is 7.24. The van der Waals surface area contributed by atoms with E-state index in [0.29, 0.717) is 24.4 Å². The molecule has 2 aromatic carbocycles. The van der Waals surface area contributed by atoms with E-state index in [1.165, 1.54) is 12.4 Å². The summed E-state index contributed by atoms with van der Waals surface area (Å²) in [7, 11) is 1.84.